The van der Waals surface area contributed by atoms with Crippen molar-refractivity contribution in [3.63, 3.8) is 0 Å². The highest BCUT2D eigenvalue weighted by Crippen LogP contribution is 1.99. The third kappa shape index (κ3) is 35.9. The summed E-state index contributed by atoms with van der Waals surface area (Å²) in [6.07, 6.45) is 29.2. The number of rotatable bonds is 31. The van der Waals surface area contributed by atoms with Gasteiger partial charge in [0.05, 0.1) is 72.7 Å². The van der Waals surface area contributed by atoms with Gasteiger partial charge in [-0.3, -0.25) is 4.79 Å². The van der Waals surface area contributed by atoms with Crippen LogP contribution in [-0.2, 0) is 33.2 Å². The quantitative estimate of drug-likeness (QED) is 0.0827. The first kappa shape index (κ1) is 38.9. The highest BCUT2D eigenvalue weighted by Gasteiger charge is 1.99. The molecule has 0 aliphatic rings. The van der Waals surface area contributed by atoms with Crippen LogP contribution in [0.25, 0.3) is 0 Å². The van der Waals surface area contributed by atoms with Gasteiger partial charge in [0, 0.05) is 20.1 Å². The molecule has 0 spiro atoms. The van der Waals surface area contributed by atoms with Crippen LogP contribution >= 0.6 is 0 Å². The third-order valence-corrected chi connectivity index (χ3v) is 5.42. The van der Waals surface area contributed by atoms with Gasteiger partial charge in [-0.1, -0.05) is 67.7 Å². The summed E-state index contributed by atoms with van der Waals surface area (Å²) in [7, 11) is 1.65. The third-order valence-electron chi connectivity index (χ3n) is 5.42. The van der Waals surface area contributed by atoms with E-state index in [-0.39, 0.29) is 5.91 Å². The Balaban J connectivity index is 3.34. The molecule has 0 saturated carbocycles. The lowest BCUT2D eigenvalue weighted by atomic mass is 10.2. The number of hydrogen-bond donors (Lipinski definition) is 1. The van der Waals surface area contributed by atoms with E-state index < -0.39 is 0 Å². The number of amides is 1. The zero-order chi connectivity index (χ0) is 29.7. The molecule has 41 heavy (non-hydrogen) atoms. The Hall–Kier alpha value is -2.07. The van der Waals surface area contributed by atoms with E-state index in [0.717, 1.165) is 44.9 Å². The van der Waals surface area contributed by atoms with Crippen LogP contribution in [0.1, 0.15) is 58.3 Å². The van der Waals surface area contributed by atoms with E-state index in [0.29, 0.717) is 85.6 Å². The molecule has 0 aliphatic heterocycles. The second-order valence-corrected chi connectivity index (χ2v) is 9.00. The predicted molar refractivity (Wildman–Crippen MR) is 167 cm³/mol. The van der Waals surface area contributed by atoms with Crippen LogP contribution in [0.2, 0.25) is 0 Å². The first-order valence-electron chi connectivity index (χ1n) is 15.2. The Morgan fingerprint density at radius 1 is 0.537 bits per heavy atom. The molecule has 0 radical (unpaired) electrons. The topological polar surface area (TPSA) is 84.5 Å². The number of hydrogen-bond acceptors (Lipinski definition) is 7. The number of carbonyl (C=O) groups is 1. The fraction of sp³-hybridized carbons (Fsp3) is 0.667. The van der Waals surface area contributed by atoms with E-state index in [4.69, 9.17) is 28.4 Å². The van der Waals surface area contributed by atoms with Gasteiger partial charge >= 0.3 is 0 Å². The van der Waals surface area contributed by atoms with E-state index >= 15 is 0 Å². The van der Waals surface area contributed by atoms with Crippen LogP contribution in [0, 0.1) is 0 Å². The summed E-state index contributed by atoms with van der Waals surface area (Å²) in [6.45, 7) is 8.51. The highest BCUT2D eigenvalue weighted by molar-refractivity contribution is 5.75. The molecule has 8 nitrogen and oxygen atoms in total. The molecule has 236 valence electrons. The number of allylic oxidation sites excluding steroid dienone is 10. The maximum atomic E-state index is 11.9. The number of methoxy groups -OCH3 is 1. The Kier molecular flexibility index (Phi) is 34.1. The van der Waals surface area contributed by atoms with Crippen molar-refractivity contribution in [1.29, 1.82) is 0 Å². The predicted octanol–water partition coefficient (Wildman–Crippen LogP) is 5.75. The van der Waals surface area contributed by atoms with Gasteiger partial charge in [-0.05, 0) is 44.9 Å². The van der Waals surface area contributed by atoms with Crippen LogP contribution in [-0.4, -0.2) is 92.2 Å². The summed E-state index contributed by atoms with van der Waals surface area (Å²) in [4.78, 5) is 11.9. The van der Waals surface area contributed by atoms with E-state index in [2.05, 4.69) is 73.0 Å². The minimum atomic E-state index is 0.0666. The molecule has 1 N–H and O–H groups in total. The van der Waals surface area contributed by atoms with Crippen molar-refractivity contribution in [3.05, 3.63) is 60.8 Å². The zero-order valence-corrected chi connectivity index (χ0v) is 25.8. The van der Waals surface area contributed by atoms with Crippen LogP contribution in [0.4, 0.5) is 0 Å². The average Bonchev–Trinajstić information content (AvgIpc) is 2.98. The van der Waals surface area contributed by atoms with Crippen molar-refractivity contribution in [3.8, 4) is 0 Å². The fourth-order valence-corrected chi connectivity index (χ4v) is 3.22. The maximum absolute atomic E-state index is 11.9. The number of unbranched alkanes of at least 4 members (excludes halogenated alkanes) is 1. The summed E-state index contributed by atoms with van der Waals surface area (Å²) < 4.78 is 32.0. The van der Waals surface area contributed by atoms with Gasteiger partial charge in [0.2, 0.25) is 5.91 Å². The van der Waals surface area contributed by atoms with Gasteiger partial charge in [0.15, 0.2) is 0 Å². The summed E-state index contributed by atoms with van der Waals surface area (Å²) in [5.74, 6) is 0.0666. The molecule has 0 rings (SSSR count). The van der Waals surface area contributed by atoms with E-state index in [1.54, 1.807) is 7.11 Å². The lowest BCUT2D eigenvalue weighted by molar-refractivity contribution is -0.121. The van der Waals surface area contributed by atoms with Gasteiger partial charge in [0.1, 0.15) is 0 Å². The molecule has 0 atom stereocenters. The van der Waals surface area contributed by atoms with Gasteiger partial charge in [-0.15, -0.1) is 0 Å². The largest absolute Gasteiger partial charge is 0.382 e. The summed E-state index contributed by atoms with van der Waals surface area (Å²) in [5.41, 5.74) is 0. The van der Waals surface area contributed by atoms with Gasteiger partial charge in [0.25, 0.3) is 0 Å². The van der Waals surface area contributed by atoms with Gasteiger partial charge in [-0.2, -0.15) is 0 Å². The van der Waals surface area contributed by atoms with Gasteiger partial charge < -0.3 is 33.7 Å². The standard InChI is InChI=1S/C33H57NO7/c1-3-4-5-6-7-8-9-10-11-12-13-14-15-16-17-18-19-20-33(35)34-21-22-37-25-26-39-29-30-41-32-31-40-28-27-38-24-23-36-2/h4-5,7-8,10-11,13-14,16-17H,3,6,9,12,15,18-32H2,1-2H3,(H,34,35)/b5-4-,8-7-,11-10-,14-13-,17-16-. The fourth-order valence-electron chi connectivity index (χ4n) is 3.22. The van der Waals surface area contributed by atoms with Crippen molar-refractivity contribution in [2.45, 2.75) is 58.3 Å². The molecule has 0 aromatic carbocycles. The molecule has 0 bridgehead atoms. The molecule has 0 unspecified atom stereocenters. The normalized spacial score (nSPS) is 12.3. The molecule has 1 amide bonds. The average molecular weight is 580 g/mol. The van der Waals surface area contributed by atoms with Crippen LogP contribution in [0.15, 0.2) is 60.8 Å². The van der Waals surface area contributed by atoms with Crippen molar-refractivity contribution in [2.24, 2.45) is 0 Å². The molecular weight excluding hydrogens is 522 g/mol. The summed E-state index contributed by atoms with van der Waals surface area (Å²) >= 11 is 0. The molecule has 0 aromatic rings. The molecule has 0 aromatic heterocycles. The van der Waals surface area contributed by atoms with Crippen molar-refractivity contribution in [2.75, 3.05) is 86.3 Å². The van der Waals surface area contributed by atoms with Crippen molar-refractivity contribution in [1.82, 2.24) is 5.32 Å². The van der Waals surface area contributed by atoms with Crippen LogP contribution in [0.3, 0.4) is 0 Å². The molecule has 0 fully saturated rings. The molecule has 0 heterocycles. The monoisotopic (exact) mass is 579 g/mol. The second kappa shape index (κ2) is 36.0. The SMILES string of the molecule is CC/C=C\C/C=C\C/C=C\C/C=C\C/C=C\CCCC(=O)NCCOCCOCCOCCOCCOCCOC. The molecule has 0 saturated heterocycles. The smallest absolute Gasteiger partial charge is 0.220 e. The minimum Gasteiger partial charge on any atom is -0.382 e. The summed E-state index contributed by atoms with van der Waals surface area (Å²) in [5, 5.41) is 2.89. The molecule has 8 heteroatoms. The van der Waals surface area contributed by atoms with Gasteiger partial charge in [-0.25, -0.2) is 0 Å². The molecule has 0 aliphatic carbocycles. The van der Waals surface area contributed by atoms with Crippen molar-refractivity contribution < 1.29 is 33.2 Å². The number of carbonyl (C=O) groups excluding carboxylic acids is 1. The molecular formula is C33H57NO7. The lowest BCUT2D eigenvalue weighted by Crippen LogP contribution is -2.27. The Morgan fingerprint density at radius 3 is 1.37 bits per heavy atom. The van der Waals surface area contributed by atoms with Crippen molar-refractivity contribution >= 4 is 5.91 Å². The first-order chi connectivity index (χ1) is 20.3. The Bertz CT molecular complexity index is 689. The van der Waals surface area contributed by atoms with E-state index in [1.165, 1.54) is 0 Å². The number of nitrogens with one attached hydrogen (secondary N) is 1. The van der Waals surface area contributed by atoms with E-state index in [1.807, 2.05) is 0 Å². The summed E-state index contributed by atoms with van der Waals surface area (Å²) in [6, 6.07) is 0. The van der Waals surface area contributed by atoms with Crippen LogP contribution in [0.5, 0.6) is 0 Å². The Morgan fingerprint density at radius 2 is 0.927 bits per heavy atom. The van der Waals surface area contributed by atoms with E-state index in [9.17, 15) is 4.79 Å². The first-order valence-corrected chi connectivity index (χ1v) is 15.2. The second-order valence-electron chi connectivity index (χ2n) is 9.00. The minimum absolute atomic E-state index is 0.0666. The van der Waals surface area contributed by atoms with Crippen LogP contribution < -0.4 is 5.32 Å². The lowest BCUT2D eigenvalue weighted by Gasteiger charge is -2.08. The highest BCUT2D eigenvalue weighted by atomic mass is 16.6. The number of ether oxygens (including phenoxy) is 6. The zero-order valence-electron chi connectivity index (χ0n) is 25.8. The maximum Gasteiger partial charge on any atom is 0.220 e. The Labute approximate surface area is 249 Å².